The van der Waals surface area contributed by atoms with E-state index in [0.29, 0.717) is 12.1 Å². The highest BCUT2D eigenvalue weighted by Crippen LogP contribution is 2.12. The molecule has 0 aliphatic carbocycles. The molecular weight excluding hydrogens is 318 g/mol. The molecule has 0 unspecified atom stereocenters. The summed E-state index contributed by atoms with van der Waals surface area (Å²) in [7, 11) is 3.45. The molecule has 1 aromatic carbocycles. The predicted octanol–water partition coefficient (Wildman–Crippen LogP) is 3.16. The summed E-state index contributed by atoms with van der Waals surface area (Å²) in [5, 5.41) is 3.22. The van der Waals surface area contributed by atoms with Crippen molar-refractivity contribution in [1.29, 1.82) is 0 Å². The minimum absolute atomic E-state index is 0.0445. The van der Waals surface area contributed by atoms with Crippen LogP contribution in [0.4, 0.5) is 5.82 Å². The molecule has 0 spiro atoms. The zero-order valence-electron chi connectivity index (χ0n) is 11.4. The molecule has 5 heteroatoms. The number of hydrogen-bond donors (Lipinski definition) is 1. The second-order valence-electron chi connectivity index (χ2n) is 4.61. The molecule has 20 heavy (non-hydrogen) atoms. The van der Waals surface area contributed by atoms with E-state index in [9.17, 15) is 4.79 Å². The molecule has 104 valence electrons. The number of aromatic nitrogens is 1. The summed E-state index contributed by atoms with van der Waals surface area (Å²) in [5.41, 5.74) is 1.76. The molecule has 0 radical (unpaired) electrons. The second-order valence-corrected chi connectivity index (χ2v) is 5.53. The third-order valence-corrected chi connectivity index (χ3v) is 3.33. The summed E-state index contributed by atoms with van der Waals surface area (Å²) in [6, 6.07) is 11.7. The third-order valence-electron chi connectivity index (χ3n) is 2.80. The predicted molar refractivity (Wildman–Crippen MR) is 83.7 cm³/mol. The molecule has 0 atom stereocenters. The maximum Gasteiger partial charge on any atom is 0.254 e. The summed E-state index contributed by atoms with van der Waals surface area (Å²) < 4.78 is 1.06. The lowest BCUT2D eigenvalue weighted by atomic mass is 10.2. The van der Waals surface area contributed by atoms with Gasteiger partial charge < -0.3 is 10.2 Å². The standard InChI is InChI=1S/C15H16BrN3O/c1-19(2)15(20)12-5-8-14(18-10-12)17-9-11-3-6-13(16)7-4-11/h3-8,10H,9H2,1-2H3,(H,17,18). The van der Waals surface area contributed by atoms with E-state index in [2.05, 4.69) is 26.2 Å². The van der Waals surface area contributed by atoms with Crippen molar-refractivity contribution in [3.63, 3.8) is 0 Å². The van der Waals surface area contributed by atoms with Crippen molar-refractivity contribution in [1.82, 2.24) is 9.88 Å². The van der Waals surface area contributed by atoms with Gasteiger partial charge in [-0.15, -0.1) is 0 Å². The summed E-state index contributed by atoms with van der Waals surface area (Å²) in [4.78, 5) is 17.5. The van der Waals surface area contributed by atoms with Gasteiger partial charge in [0.25, 0.3) is 5.91 Å². The first-order valence-electron chi connectivity index (χ1n) is 6.22. The molecule has 0 saturated carbocycles. The van der Waals surface area contributed by atoms with Crippen molar-refractivity contribution in [2.24, 2.45) is 0 Å². The SMILES string of the molecule is CN(C)C(=O)c1ccc(NCc2ccc(Br)cc2)nc1. The van der Waals surface area contributed by atoms with E-state index in [4.69, 9.17) is 0 Å². The highest BCUT2D eigenvalue weighted by Gasteiger charge is 2.07. The van der Waals surface area contributed by atoms with Crippen LogP contribution in [0.1, 0.15) is 15.9 Å². The van der Waals surface area contributed by atoms with Gasteiger partial charge in [0.2, 0.25) is 0 Å². The number of halogens is 1. The fraction of sp³-hybridized carbons (Fsp3) is 0.200. The number of carbonyl (C=O) groups is 1. The van der Waals surface area contributed by atoms with Gasteiger partial charge in [-0.2, -0.15) is 0 Å². The number of pyridine rings is 1. The third kappa shape index (κ3) is 3.81. The summed E-state index contributed by atoms with van der Waals surface area (Å²) in [6.45, 7) is 0.696. The Kier molecular flexibility index (Phi) is 4.74. The molecule has 1 N–H and O–H groups in total. The zero-order valence-corrected chi connectivity index (χ0v) is 13.0. The number of benzene rings is 1. The van der Waals surface area contributed by atoms with E-state index in [1.807, 2.05) is 30.3 Å². The van der Waals surface area contributed by atoms with Crippen LogP contribution in [0.5, 0.6) is 0 Å². The van der Waals surface area contributed by atoms with Crippen LogP contribution < -0.4 is 5.32 Å². The fourth-order valence-electron chi connectivity index (χ4n) is 1.68. The average Bonchev–Trinajstić information content (AvgIpc) is 2.46. The quantitative estimate of drug-likeness (QED) is 0.934. The molecule has 0 saturated heterocycles. The zero-order chi connectivity index (χ0) is 14.5. The molecule has 1 amide bonds. The maximum absolute atomic E-state index is 11.7. The van der Waals surface area contributed by atoms with Gasteiger partial charge >= 0.3 is 0 Å². The molecule has 0 bridgehead atoms. The Morgan fingerprint density at radius 1 is 1.20 bits per heavy atom. The molecule has 4 nitrogen and oxygen atoms in total. The van der Waals surface area contributed by atoms with E-state index < -0.39 is 0 Å². The van der Waals surface area contributed by atoms with Crippen LogP contribution in [-0.2, 0) is 6.54 Å². The van der Waals surface area contributed by atoms with Gasteiger partial charge in [-0.3, -0.25) is 4.79 Å². The largest absolute Gasteiger partial charge is 0.366 e. The Balaban J connectivity index is 1.97. The van der Waals surface area contributed by atoms with Gasteiger partial charge in [-0.1, -0.05) is 28.1 Å². The van der Waals surface area contributed by atoms with Gasteiger partial charge in [0.15, 0.2) is 0 Å². The Hall–Kier alpha value is -1.88. The monoisotopic (exact) mass is 333 g/mol. The number of hydrogen-bond acceptors (Lipinski definition) is 3. The summed E-state index contributed by atoms with van der Waals surface area (Å²) >= 11 is 3.41. The molecule has 0 aliphatic heterocycles. The molecular formula is C15H16BrN3O. The highest BCUT2D eigenvalue weighted by molar-refractivity contribution is 9.10. The normalized spacial score (nSPS) is 10.2. The number of nitrogens with one attached hydrogen (secondary N) is 1. The van der Waals surface area contributed by atoms with Crippen molar-refractivity contribution < 1.29 is 4.79 Å². The number of anilines is 1. The smallest absolute Gasteiger partial charge is 0.254 e. The molecule has 2 aromatic rings. The lowest BCUT2D eigenvalue weighted by Gasteiger charge is -2.10. The van der Waals surface area contributed by atoms with Gasteiger partial charge in [0.05, 0.1) is 5.56 Å². The van der Waals surface area contributed by atoms with Crippen LogP contribution in [0, 0.1) is 0 Å². The average molecular weight is 334 g/mol. The van der Waals surface area contributed by atoms with E-state index in [-0.39, 0.29) is 5.91 Å². The molecule has 2 rings (SSSR count). The van der Waals surface area contributed by atoms with Crippen molar-refractivity contribution in [3.8, 4) is 0 Å². The number of rotatable bonds is 4. The second kappa shape index (κ2) is 6.52. The minimum atomic E-state index is -0.0445. The topological polar surface area (TPSA) is 45.2 Å². The van der Waals surface area contributed by atoms with Crippen LogP contribution in [0.2, 0.25) is 0 Å². The van der Waals surface area contributed by atoms with Crippen LogP contribution in [-0.4, -0.2) is 29.9 Å². The Morgan fingerprint density at radius 3 is 2.45 bits per heavy atom. The van der Waals surface area contributed by atoms with Crippen LogP contribution in [0.3, 0.4) is 0 Å². The van der Waals surface area contributed by atoms with Crippen molar-refractivity contribution in [2.75, 3.05) is 19.4 Å². The minimum Gasteiger partial charge on any atom is -0.366 e. The van der Waals surface area contributed by atoms with Crippen molar-refractivity contribution in [2.45, 2.75) is 6.54 Å². The molecule has 0 fully saturated rings. The summed E-state index contributed by atoms with van der Waals surface area (Å²) in [6.07, 6.45) is 1.59. The number of nitrogens with zero attached hydrogens (tertiary/aromatic N) is 2. The van der Waals surface area contributed by atoms with Crippen LogP contribution in [0.25, 0.3) is 0 Å². The maximum atomic E-state index is 11.7. The van der Waals surface area contributed by atoms with Gasteiger partial charge in [0.1, 0.15) is 5.82 Å². The van der Waals surface area contributed by atoms with Crippen molar-refractivity contribution in [3.05, 3.63) is 58.2 Å². The first kappa shape index (κ1) is 14.5. The Labute approximate surface area is 127 Å². The van der Waals surface area contributed by atoms with E-state index in [1.165, 1.54) is 10.5 Å². The Bertz CT molecular complexity index is 579. The first-order chi connectivity index (χ1) is 9.56. The lowest BCUT2D eigenvalue weighted by molar-refractivity contribution is 0.0827. The fourth-order valence-corrected chi connectivity index (χ4v) is 1.94. The molecule has 1 heterocycles. The Morgan fingerprint density at radius 2 is 1.90 bits per heavy atom. The van der Waals surface area contributed by atoms with E-state index in [0.717, 1.165) is 10.3 Å². The van der Waals surface area contributed by atoms with Gasteiger partial charge in [-0.25, -0.2) is 4.98 Å². The van der Waals surface area contributed by atoms with Crippen LogP contribution in [0.15, 0.2) is 47.1 Å². The highest BCUT2D eigenvalue weighted by atomic mass is 79.9. The molecule has 1 aromatic heterocycles. The number of carbonyl (C=O) groups excluding carboxylic acids is 1. The van der Waals surface area contributed by atoms with Crippen molar-refractivity contribution >= 4 is 27.7 Å². The number of amides is 1. The van der Waals surface area contributed by atoms with Gasteiger partial charge in [-0.05, 0) is 29.8 Å². The van der Waals surface area contributed by atoms with Gasteiger partial charge in [0, 0.05) is 31.3 Å². The van der Waals surface area contributed by atoms with E-state index >= 15 is 0 Å². The van der Waals surface area contributed by atoms with E-state index in [1.54, 1.807) is 26.4 Å². The van der Waals surface area contributed by atoms with Crippen LogP contribution >= 0.6 is 15.9 Å². The first-order valence-corrected chi connectivity index (χ1v) is 7.01. The molecule has 0 aliphatic rings. The lowest BCUT2D eigenvalue weighted by Crippen LogP contribution is -2.21. The summed E-state index contributed by atoms with van der Waals surface area (Å²) in [5.74, 6) is 0.709.